The van der Waals surface area contributed by atoms with E-state index in [4.69, 9.17) is 0 Å². The maximum absolute atomic E-state index is 13.6. The average molecular weight is 378 g/mol. The third kappa shape index (κ3) is 3.47. The smallest absolute Gasteiger partial charge is 0.146 e. The standard InChI is InChI=1S/C19H21BrFNO/c1-12(19(23)11-20)13-2-4-14(5-3-13)16-8-9-22-18-7-6-15(21)10-17(16)18/h6-10,12-14H,2-5,11H2,1H3/t12?,13-,14+. The van der Waals surface area contributed by atoms with Crippen LogP contribution >= 0.6 is 15.9 Å². The molecule has 1 fully saturated rings. The molecule has 2 aromatic rings. The van der Waals surface area contributed by atoms with Crippen molar-refractivity contribution in [3.63, 3.8) is 0 Å². The minimum absolute atomic E-state index is 0.127. The van der Waals surface area contributed by atoms with E-state index < -0.39 is 0 Å². The number of benzene rings is 1. The van der Waals surface area contributed by atoms with Crippen LogP contribution in [-0.4, -0.2) is 16.1 Å². The van der Waals surface area contributed by atoms with E-state index in [2.05, 4.69) is 20.9 Å². The molecule has 1 heterocycles. The van der Waals surface area contributed by atoms with Gasteiger partial charge in [-0.05, 0) is 67.3 Å². The molecule has 1 saturated carbocycles. The van der Waals surface area contributed by atoms with Gasteiger partial charge in [-0.3, -0.25) is 9.78 Å². The van der Waals surface area contributed by atoms with E-state index in [1.54, 1.807) is 12.1 Å². The van der Waals surface area contributed by atoms with Crippen molar-refractivity contribution in [2.45, 2.75) is 38.5 Å². The molecule has 1 aliphatic rings. The van der Waals surface area contributed by atoms with E-state index in [-0.39, 0.29) is 11.7 Å². The van der Waals surface area contributed by atoms with Crippen LogP contribution in [0.15, 0.2) is 30.5 Å². The minimum atomic E-state index is -0.211. The molecule has 1 atom stereocenters. The van der Waals surface area contributed by atoms with Gasteiger partial charge in [0.05, 0.1) is 10.8 Å². The number of aromatic nitrogens is 1. The van der Waals surface area contributed by atoms with Gasteiger partial charge in [-0.15, -0.1) is 0 Å². The molecular formula is C19H21BrFNO. The van der Waals surface area contributed by atoms with Gasteiger partial charge in [0.2, 0.25) is 0 Å². The molecule has 3 rings (SSSR count). The molecular weight excluding hydrogens is 357 g/mol. The Morgan fingerprint density at radius 2 is 2.04 bits per heavy atom. The first kappa shape index (κ1) is 16.6. The number of hydrogen-bond acceptors (Lipinski definition) is 2. The molecule has 1 aromatic carbocycles. The van der Waals surface area contributed by atoms with Crippen LogP contribution in [0.5, 0.6) is 0 Å². The van der Waals surface area contributed by atoms with Crippen LogP contribution in [0.1, 0.15) is 44.1 Å². The number of fused-ring (bicyclic) bond motifs is 1. The lowest BCUT2D eigenvalue weighted by Gasteiger charge is -2.32. The van der Waals surface area contributed by atoms with Crippen molar-refractivity contribution in [2.75, 3.05) is 5.33 Å². The second-order valence-corrected chi connectivity index (χ2v) is 7.12. The highest BCUT2D eigenvalue weighted by Gasteiger charge is 2.29. The first-order chi connectivity index (χ1) is 11.1. The zero-order valence-corrected chi connectivity index (χ0v) is 14.9. The summed E-state index contributed by atoms with van der Waals surface area (Å²) in [6.45, 7) is 2.05. The van der Waals surface area contributed by atoms with Crippen LogP contribution < -0.4 is 0 Å². The molecule has 1 unspecified atom stereocenters. The van der Waals surface area contributed by atoms with Gasteiger partial charge in [0, 0.05) is 17.5 Å². The molecule has 0 saturated heterocycles. The van der Waals surface area contributed by atoms with Gasteiger partial charge in [-0.1, -0.05) is 22.9 Å². The Balaban J connectivity index is 1.78. The predicted octanol–water partition coefficient (Wildman–Crippen LogP) is 5.25. The van der Waals surface area contributed by atoms with Crippen molar-refractivity contribution in [2.24, 2.45) is 11.8 Å². The first-order valence-electron chi connectivity index (χ1n) is 8.23. The topological polar surface area (TPSA) is 30.0 Å². The van der Waals surface area contributed by atoms with E-state index in [0.29, 0.717) is 22.9 Å². The Bertz CT molecular complexity index is 710. The van der Waals surface area contributed by atoms with Crippen LogP contribution in [0.2, 0.25) is 0 Å². The van der Waals surface area contributed by atoms with E-state index in [1.165, 1.54) is 11.6 Å². The summed E-state index contributed by atoms with van der Waals surface area (Å²) in [4.78, 5) is 16.2. The van der Waals surface area contributed by atoms with Crippen molar-refractivity contribution in [3.8, 4) is 0 Å². The van der Waals surface area contributed by atoms with Crippen molar-refractivity contribution >= 4 is 32.6 Å². The van der Waals surface area contributed by atoms with Gasteiger partial charge in [-0.25, -0.2) is 4.39 Å². The summed E-state index contributed by atoms with van der Waals surface area (Å²) in [5.41, 5.74) is 2.06. The summed E-state index contributed by atoms with van der Waals surface area (Å²) in [7, 11) is 0. The number of Topliss-reactive ketones (excluding diaryl/α,β-unsaturated/α-hetero) is 1. The fourth-order valence-electron chi connectivity index (χ4n) is 3.81. The average Bonchev–Trinajstić information content (AvgIpc) is 2.60. The first-order valence-corrected chi connectivity index (χ1v) is 9.35. The molecule has 0 radical (unpaired) electrons. The molecule has 1 aliphatic carbocycles. The summed E-state index contributed by atoms with van der Waals surface area (Å²) >= 11 is 3.27. The number of alkyl halides is 1. The van der Waals surface area contributed by atoms with Gasteiger partial charge < -0.3 is 0 Å². The molecule has 2 nitrogen and oxygen atoms in total. The van der Waals surface area contributed by atoms with Gasteiger partial charge in [-0.2, -0.15) is 0 Å². The maximum atomic E-state index is 13.6. The zero-order chi connectivity index (χ0) is 16.4. The van der Waals surface area contributed by atoms with Gasteiger partial charge >= 0.3 is 0 Å². The number of ketones is 1. The highest BCUT2D eigenvalue weighted by atomic mass is 79.9. The maximum Gasteiger partial charge on any atom is 0.146 e. The van der Waals surface area contributed by atoms with E-state index in [9.17, 15) is 9.18 Å². The largest absolute Gasteiger partial charge is 0.298 e. The van der Waals surface area contributed by atoms with Crippen molar-refractivity contribution < 1.29 is 9.18 Å². The Morgan fingerprint density at radius 3 is 2.74 bits per heavy atom. The molecule has 23 heavy (non-hydrogen) atoms. The molecule has 0 spiro atoms. The fourth-order valence-corrected chi connectivity index (χ4v) is 4.32. The minimum Gasteiger partial charge on any atom is -0.298 e. The van der Waals surface area contributed by atoms with Crippen molar-refractivity contribution in [1.82, 2.24) is 4.98 Å². The highest BCUT2D eigenvalue weighted by Crippen LogP contribution is 2.40. The number of rotatable bonds is 4. The number of pyridine rings is 1. The number of hydrogen-bond donors (Lipinski definition) is 0. The van der Waals surface area contributed by atoms with Gasteiger partial charge in [0.1, 0.15) is 11.6 Å². The van der Waals surface area contributed by atoms with E-state index in [0.717, 1.165) is 36.6 Å². The van der Waals surface area contributed by atoms with Crippen LogP contribution in [0, 0.1) is 17.7 Å². The third-order valence-corrected chi connectivity index (χ3v) is 5.85. The molecule has 0 N–H and O–H groups in total. The van der Waals surface area contributed by atoms with Gasteiger partial charge in [0.15, 0.2) is 0 Å². The quantitative estimate of drug-likeness (QED) is 0.681. The molecule has 4 heteroatoms. The lowest BCUT2D eigenvalue weighted by molar-refractivity contribution is -0.121. The second kappa shape index (κ2) is 7.08. The SMILES string of the molecule is CC(C(=O)CBr)[C@H]1CC[C@@H](c2ccnc3ccc(F)cc32)CC1. The van der Waals surface area contributed by atoms with Crippen LogP contribution in [0.4, 0.5) is 4.39 Å². The predicted molar refractivity (Wildman–Crippen MR) is 94.4 cm³/mol. The Kier molecular flexibility index (Phi) is 5.10. The monoisotopic (exact) mass is 377 g/mol. The molecule has 0 aliphatic heterocycles. The Labute approximate surface area is 144 Å². The number of halogens is 2. The van der Waals surface area contributed by atoms with Crippen LogP contribution in [0.3, 0.4) is 0 Å². The van der Waals surface area contributed by atoms with E-state index in [1.807, 2.05) is 19.2 Å². The molecule has 122 valence electrons. The lowest BCUT2D eigenvalue weighted by Crippen LogP contribution is -2.26. The van der Waals surface area contributed by atoms with Gasteiger partial charge in [0.25, 0.3) is 0 Å². The highest BCUT2D eigenvalue weighted by molar-refractivity contribution is 9.09. The van der Waals surface area contributed by atoms with Crippen molar-refractivity contribution in [1.29, 1.82) is 0 Å². The third-order valence-electron chi connectivity index (χ3n) is 5.30. The Morgan fingerprint density at radius 1 is 1.30 bits per heavy atom. The summed E-state index contributed by atoms with van der Waals surface area (Å²) in [5.74, 6) is 1.12. The van der Waals surface area contributed by atoms with Crippen molar-refractivity contribution in [3.05, 3.63) is 41.8 Å². The fraction of sp³-hybridized carbons (Fsp3) is 0.474. The Hall–Kier alpha value is -1.29. The summed E-state index contributed by atoms with van der Waals surface area (Å²) in [6.07, 6.45) is 6.05. The normalized spacial score (nSPS) is 22.9. The zero-order valence-electron chi connectivity index (χ0n) is 13.3. The second-order valence-electron chi connectivity index (χ2n) is 6.56. The molecule has 0 bridgehead atoms. The lowest BCUT2D eigenvalue weighted by atomic mass is 9.73. The van der Waals surface area contributed by atoms with Crippen LogP contribution in [0.25, 0.3) is 10.9 Å². The summed E-state index contributed by atoms with van der Waals surface area (Å²) in [6, 6.07) is 6.83. The number of carbonyl (C=O) groups is 1. The molecule has 1 aromatic heterocycles. The molecule has 0 amide bonds. The number of nitrogens with zero attached hydrogens (tertiary/aromatic N) is 1. The summed E-state index contributed by atoms with van der Waals surface area (Å²) in [5, 5.41) is 1.38. The number of carbonyl (C=O) groups excluding carboxylic acids is 1. The summed E-state index contributed by atoms with van der Waals surface area (Å²) < 4.78 is 13.6. The van der Waals surface area contributed by atoms with Crippen LogP contribution in [-0.2, 0) is 4.79 Å². The van der Waals surface area contributed by atoms with E-state index >= 15 is 0 Å².